The van der Waals surface area contributed by atoms with Crippen LogP contribution in [0.4, 0.5) is 0 Å². The van der Waals surface area contributed by atoms with Crippen LogP contribution in [0.1, 0.15) is 376 Å². The van der Waals surface area contributed by atoms with Gasteiger partial charge in [-0.15, -0.1) is 0 Å². The van der Waals surface area contributed by atoms with Gasteiger partial charge >= 0.3 is 0 Å². The van der Waals surface area contributed by atoms with Crippen molar-refractivity contribution in [2.24, 2.45) is 0 Å². The van der Waals surface area contributed by atoms with Crippen molar-refractivity contribution in [3.05, 3.63) is 165 Å². The number of aryl methyl sites for hydroxylation is 4. The van der Waals surface area contributed by atoms with Crippen LogP contribution in [-0.2, 0) is 0 Å². The Bertz CT molecular complexity index is 4620. The number of imidazole rings is 4. The second-order valence-corrected chi connectivity index (χ2v) is 35.8. The molecule has 4 aromatic heterocycles. The number of ether oxygens (including phenoxy) is 8. The Morgan fingerprint density at radius 1 is 0.192 bits per heavy atom. The maximum atomic E-state index is 7.83. The summed E-state index contributed by atoms with van der Waals surface area (Å²) in [4.78, 5) is 34.6. The highest BCUT2D eigenvalue weighted by Crippen LogP contribution is 2.61. The highest BCUT2D eigenvalue weighted by molar-refractivity contribution is 5.85. The number of H-pyrrole nitrogens is 4. The molecule has 0 amide bonds. The largest absolute Gasteiger partial charge is 0.453 e. The fourth-order valence-electron chi connectivity index (χ4n) is 20.0. The molecule has 8 aromatic carbocycles. The van der Waals surface area contributed by atoms with E-state index < -0.39 is 0 Å². The van der Waals surface area contributed by atoms with Crippen molar-refractivity contribution < 1.29 is 37.9 Å². The van der Waals surface area contributed by atoms with Gasteiger partial charge in [0, 0.05) is 141 Å². The highest BCUT2D eigenvalue weighted by atomic mass is 16.5. The van der Waals surface area contributed by atoms with E-state index in [4.69, 9.17) is 57.8 Å². The fraction of sp³-hybridized carbons (Fsp3) is 0.500. The van der Waals surface area contributed by atoms with Crippen LogP contribution in [-0.4, -0.2) is 39.9 Å². The average molecular weight is 1620 g/mol. The van der Waals surface area contributed by atoms with Crippen molar-refractivity contribution in [2.45, 2.75) is 336 Å². The van der Waals surface area contributed by atoms with Gasteiger partial charge in [0.05, 0.1) is 44.1 Å². The van der Waals surface area contributed by atoms with Crippen LogP contribution < -0.4 is 37.9 Å². The summed E-state index contributed by atoms with van der Waals surface area (Å²) >= 11 is 0. The van der Waals surface area contributed by atoms with Gasteiger partial charge in [0.25, 0.3) is 0 Å². The van der Waals surface area contributed by atoms with Gasteiger partial charge in [-0.3, -0.25) is 0 Å². The van der Waals surface area contributed by atoms with Crippen LogP contribution in [0.3, 0.4) is 0 Å². The van der Waals surface area contributed by atoms with Gasteiger partial charge in [0.1, 0.15) is 69.3 Å². The van der Waals surface area contributed by atoms with Crippen LogP contribution >= 0.6 is 0 Å². The molecule has 632 valence electrons. The van der Waals surface area contributed by atoms with Gasteiger partial charge in [0.2, 0.25) is 0 Å². The van der Waals surface area contributed by atoms with E-state index in [1.54, 1.807) is 0 Å². The van der Waals surface area contributed by atoms with E-state index in [2.05, 4.69) is 120 Å². The first-order chi connectivity index (χ1) is 58.9. The average Bonchev–Trinajstić information content (AvgIpc) is 1.48. The van der Waals surface area contributed by atoms with E-state index in [0.29, 0.717) is 92.0 Å². The molecule has 16 heteroatoms. The first-order valence-corrected chi connectivity index (χ1v) is 47.1. The predicted molar refractivity (Wildman–Crippen MR) is 484 cm³/mol. The minimum absolute atomic E-state index is 0.272. The van der Waals surface area contributed by atoms with Gasteiger partial charge in [0.15, 0.2) is 46.0 Å². The molecule has 4 aliphatic heterocycles. The minimum atomic E-state index is -0.274. The number of nitrogens with zero attached hydrogens (tertiary/aromatic N) is 4. The summed E-state index contributed by atoms with van der Waals surface area (Å²) in [5.41, 5.74) is 15.0. The second kappa shape index (κ2) is 38.4. The smallest absolute Gasteiger partial charge is 0.172 e. The summed E-state index contributed by atoms with van der Waals surface area (Å²) in [6, 6.07) is 35.5. The summed E-state index contributed by atoms with van der Waals surface area (Å²) in [7, 11) is 0. The molecule has 12 aromatic rings. The molecule has 5 aliphatic rings. The number of hydrogen-bond donors (Lipinski definition) is 4. The number of benzene rings is 8. The van der Waals surface area contributed by atoms with Gasteiger partial charge < -0.3 is 57.8 Å². The Labute approximate surface area is 710 Å². The Kier molecular flexibility index (Phi) is 26.4. The first kappa shape index (κ1) is 82.4. The van der Waals surface area contributed by atoms with E-state index >= 15 is 0 Å². The van der Waals surface area contributed by atoms with Crippen LogP contribution in [0.5, 0.6) is 92.0 Å². The number of aromatic amines is 4. The Balaban J connectivity index is 0.964. The van der Waals surface area contributed by atoms with Gasteiger partial charge in [-0.1, -0.05) is 259 Å². The molecule has 0 saturated heterocycles. The molecule has 4 unspecified atom stereocenters. The van der Waals surface area contributed by atoms with Crippen molar-refractivity contribution in [2.75, 3.05) is 0 Å². The quantitative estimate of drug-likeness (QED) is 0.0267. The lowest BCUT2D eigenvalue weighted by molar-refractivity contribution is 0.401. The lowest BCUT2D eigenvalue weighted by atomic mass is 9.76. The Morgan fingerprint density at radius 2 is 0.350 bits per heavy atom. The lowest BCUT2D eigenvalue weighted by Crippen LogP contribution is -2.13. The lowest BCUT2D eigenvalue weighted by Gasteiger charge is -2.30. The van der Waals surface area contributed by atoms with E-state index in [1.807, 2.05) is 52.0 Å². The number of rotatable bonds is 40. The molecular formula is C104H128N8O8. The number of nitrogens with one attached hydrogen (secondary N) is 4. The second-order valence-electron chi connectivity index (χ2n) is 35.8. The molecule has 0 radical (unpaired) electrons. The summed E-state index contributed by atoms with van der Waals surface area (Å²) in [5, 5.41) is 0. The van der Waals surface area contributed by atoms with Crippen LogP contribution in [0, 0.1) is 27.7 Å². The predicted octanol–water partition coefficient (Wildman–Crippen LogP) is 32.5. The summed E-state index contributed by atoms with van der Waals surface area (Å²) in [5.74, 6) is 12.0. The molecule has 0 saturated carbocycles. The number of unbranched alkanes of at least 4 members (excludes halogenated alkanes) is 32. The van der Waals surface area contributed by atoms with Crippen molar-refractivity contribution in [3.8, 4) is 92.0 Å². The molecule has 17 rings (SSSR count). The molecule has 4 N–H and O–H groups in total. The third-order valence-electron chi connectivity index (χ3n) is 26.4. The standard InChI is InChI=1S/C104H128N8O8/c1-9-13-17-21-25-29-33-37-41-45-69-73-49-75-70(46-42-38-34-30-26-22-18-14-10-2)77-51-79-72(48-44-40-36-32-28-24-20-16-12-4)80-52-78-71(47-43-39-35-31-27-23-19-15-11-3)76-50-74(69)90-62-92(76)116-100-56-84-86(110-67(7)108-84)58-102(100)118-94(78)64-96(80)120-104-60-88-87(111-68(8)112-88)59-103(104)119-95(79)63-93(77)117-101-57-85-83(107-66(6)109-85)55-99(101)115-91(75)61-89(73)113-97-53-81-82(54-98(97)114-90)106-65(5)105-81/h49-64,69-72H,9-48H2,1-8H3,(H,105,106)(H,107,109)(H,108,110)(H,111,112). The molecule has 16 nitrogen and oxygen atoms in total. The molecular weight excluding hydrogens is 1490 g/mol. The molecule has 8 bridgehead atoms. The maximum Gasteiger partial charge on any atom is 0.172 e. The normalized spacial score (nSPS) is 15.9. The molecule has 1 aliphatic carbocycles. The summed E-state index contributed by atoms with van der Waals surface area (Å²) < 4.78 is 62.6. The zero-order chi connectivity index (χ0) is 82.0. The SMILES string of the molecule is CCCCCCCCCCCC1c2cc3c4cc2Oc2cc5nc(C)[nH]c5cc2Oc2cc5c(cc21)C(CCCCCCCCCCC)c1cc2c(cc1Oc1cc6[nH]c(C)nc6cc1O5)Oc1cc5nc(C)[nH]c5cc1Oc1cc(c(cc1C2CCCCCCCCCCC)C3CCCCCCCCCCC)Oc1cc2[nH]c(C)nc2cc1O4. The van der Waals surface area contributed by atoms with E-state index in [1.165, 1.54) is 154 Å². The van der Waals surface area contributed by atoms with Crippen LogP contribution in [0.2, 0.25) is 0 Å². The highest BCUT2D eigenvalue weighted by Gasteiger charge is 2.40. The van der Waals surface area contributed by atoms with Crippen molar-refractivity contribution >= 4 is 44.1 Å². The van der Waals surface area contributed by atoms with E-state index in [0.717, 1.165) is 215 Å². The van der Waals surface area contributed by atoms with Crippen molar-refractivity contribution in [1.29, 1.82) is 0 Å². The zero-order valence-electron chi connectivity index (χ0n) is 72.9. The molecule has 4 atom stereocenters. The first-order valence-electron chi connectivity index (χ1n) is 47.1. The fourth-order valence-corrected chi connectivity index (χ4v) is 20.0. The minimum Gasteiger partial charge on any atom is -0.453 e. The summed E-state index contributed by atoms with van der Waals surface area (Å²) in [6.45, 7) is 17.2. The number of aromatic nitrogens is 8. The number of hydrogen-bond acceptors (Lipinski definition) is 12. The molecule has 8 heterocycles. The topological polar surface area (TPSA) is 189 Å². The third-order valence-corrected chi connectivity index (χ3v) is 26.4. The van der Waals surface area contributed by atoms with Gasteiger partial charge in [-0.25, -0.2) is 19.9 Å². The summed E-state index contributed by atoms with van der Waals surface area (Å²) in [6.07, 6.45) is 46.4. The Morgan fingerprint density at radius 3 is 0.525 bits per heavy atom. The van der Waals surface area contributed by atoms with Crippen molar-refractivity contribution in [1.82, 2.24) is 39.9 Å². The molecule has 0 spiro atoms. The van der Waals surface area contributed by atoms with E-state index in [-0.39, 0.29) is 23.7 Å². The van der Waals surface area contributed by atoms with Gasteiger partial charge in [-0.05, 0) is 77.6 Å². The number of fused-ring (bicyclic) bond motifs is 8. The maximum absolute atomic E-state index is 7.83. The van der Waals surface area contributed by atoms with Crippen LogP contribution in [0.25, 0.3) is 44.1 Å². The van der Waals surface area contributed by atoms with Gasteiger partial charge in [-0.2, -0.15) is 0 Å². The monoisotopic (exact) mass is 1620 g/mol. The van der Waals surface area contributed by atoms with Crippen molar-refractivity contribution in [3.63, 3.8) is 0 Å². The van der Waals surface area contributed by atoms with E-state index in [9.17, 15) is 0 Å². The molecule has 0 fully saturated rings. The zero-order valence-corrected chi connectivity index (χ0v) is 72.9. The Hall–Kier alpha value is -9.96. The van der Waals surface area contributed by atoms with Crippen LogP contribution in [0.15, 0.2) is 97.1 Å². The third kappa shape index (κ3) is 18.6. The molecule has 120 heavy (non-hydrogen) atoms.